The Bertz CT molecular complexity index is 101. The molecule has 0 aromatic carbocycles. The van der Waals surface area contributed by atoms with Crippen LogP contribution in [0.2, 0.25) is 0 Å². The molecule has 0 aromatic heterocycles. The first-order valence-electron chi connectivity index (χ1n) is 2.58. The third-order valence-corrected chi connectivity index (χ3v) is 1.29. The summed E-state index contributed by atoms with van der Waals surface area (Å²) in [7, 11) is 1.52. The van der Waals surface area contributed by atoms with Crippen LogP contribution < -0.4 is 0 Å². The number of halogens is 1. The number of hydrogen-bond acceptors (Lipinski definition) is 2. The van der Waals surface area contributed by atoms with E-state index in [2.05, 4.69) is 15.9 Å². The van der Waals surface area contributed by atoms with Crippen LogP contribution in [0.15, 0.2) is 11.1 Å². The van der Waals surface area contributed by atoms with E-state index in [-0.39, 0.29) is 6.10 Å². The lowest BCUT2D eigenvalue weighted by Crippen LogP contribution is -2.09. The molecule has 52 valence electrons. The smallest absolute Gasteiger partial charge is 0.149 e. The minimum absolute atomic E-state index is 0.293. The molecule has 0 bridgehead atoms. The zero-order valence-electron chi connectivity index (χ0n) is 5.21. The molecule has 0 saturated carbocycles. The van der Waals surface area contributed by atoms with Gasteiger partial charge in [0.15, 0.2) is 0 Å². The van der Waals surface area contributed by atoms with Crippen molar-refractivity contribution in [2.75, 3.05) is 7.11 Å². The van der Waals surface area contributed by atoms with Crippen molar-refractivity contribution in [3.8, 4) is 0 Å². The highest BCUT2D eigenvalue weighted by molar-refractivity contribution is 9.11. The van der Waals surface area contributed by atoms with Crippen LogP contribution in [-0.4, -0.2) is 19.5 Å². The van der Waals surface area contributed by atoms with Gasteiger partial charge in [-0.15, -0.1) is 0 Å². The predicted molar refractivity (Wildman–Crippen MR) is 39.5 cm³/mol. The normalized spacial score (nSPS) is 14.0. The largest absolute Gasteiger partial charge is 0.374 e. The fourth-order valence-electron chi connectivity index (χ4n) is 0.393. The van der Waals surface area contributed by atoms with Gasteiger partial charge >= 0.3 is 0 Å². The highest BCUT2D eigenvalue weighted by Crippen LogP contribution is 1.95. The van der Waals surface area contributed by atoms with Gasteiger partial charge in [0.2, 0.25) is 0 Å². The highest BCUT2D eigenvalue weighted by atomic mass is 79.9. The van der Waals surface area contributed by atoms with Gasteiger partial charge in [0, 0.05) is 7.11 Å². The van der Waals surface area contributed by atoms with E-state index in [1.165, 1.54) is 7.11 Å². The SMILES string of the molecule is COC(C=O)C/C=C/Br. The van der Waals surface area contributed by atoms with Crippen molar-refractivity contribution in [1.82, 2.24) is 0 Å². The lowest BCUT2D eigenvalue weighted by atomic mass is 10.3. The maximum absolute atomic E-state index is 10.1. The maximum Gasteiger partial charge on any atom is 0.149 e. The summed E-state index contributed by atoms with van der Waals surface area (Å²) < 4.78 is 4.76. The third-order valence-electron chi connectivity index (χ3n) is 0.912. The predicted octanol–water partition coefficient (Wildman–Crippen LogP) is 1.50. The number of methoxy groups -OCH3 is 1. The van der Waals surface area contributed by atoms with Gasteiger partial charge in [0.05, 0.1) is 0 Å². The molecule has 0 spiro atoms. The van der Waals surface area contributed by atoms with Gasteiger partial charge in [0.25, 0.3) is 0 Å². The molecule has 2 nitrogen and oxygen atoms in total. The van der Waals surface area contributed by atoms with E-state index >= 15 is 0 Å². The first kappa shape index (κ1) is 8.85. The molecule has 3 heteroatoms. The molecule has 0 fully saturated rings. The maximum atomic E-state index is 10.1. The van der Waals surface area contributed by atoms with Crippen molar-refractivity contribution in [2.24, 2.45) is 0 Å². The molecule has 0 rings (SSSR count). The van der Waals surface area contributed by atoms with E-state index in [4.69, 9.17) is 4.74 Å². The number of carbonyl (C=O) groups excluding carboxylic acids is 1. The van der Waals surface area contributed by atoms with Crippen LogP contribution in [0.25, 0.3) is 0 Å². The number of hydrogen-bond donors (Lipinski definition) is 0. The van der Waals surface area contributed by atoms with Gasteiger partial charge in [-0.25, -0.2) is 0 Å². The van der Waals surface area contributed by atoms with Crippen molar-refractivity contribution >= 4 is 22.2 Å². The number of rotatable bonds is 4. The number of ether oxygens (including phenoxy) is 1. The molecule has 0 aliphatic heterocycles. The molecular formula is C6H9BrO2. The molecule has 0 aliphatic carbocycles. The van der Waals surface area contributed by atoms with Crippen LogP contribution in [0, 0.1) is 0 Å². The Morgan fingerprint density at radius 1 is 1.78 bits per heavy atom. The van der Waals surface area contributed by atoms with Crippen molar-refractivity contribution in [3.05, 3.63) is 11.1 Å². The summed E-state index contributed by atoms with van der Waals surface area (Å²) in [5, 5.41) is 0. The summed E-state index contributed by atoms with van der Waals surface area (Å²) in [5.74, 6) is 0. The first-order valence-corrected chi connectivity index (χ1v) is 3.50. The van der Waals surface area contributed by atoms with Crippen molar-refractivity contribution in [1.29, 1.82) is 0 Å². The Morgan fingerprint density at radius 2 is 2.44 bits per heavy atom. The summed E-state index contributed by atoms with van der Waals surface area (Å²) >= 11 is 3.08. The fraction of sp³-hybridized carbons (Fsp3) is 0.500. The van der Waals surface area contributed by atoms with E-state index in [1.807, 2.05) is 6.08 Å². The summed E-state index contributed by atoms with van der Waals surface area (Å²) in [5.41, 5.74) is 0. The van der Waals surface area contributed by atoms with Gasteiger partial charge in [0.1, 0.15) is 12.4 Å². The zero-order chi connectivity index (χ0) is 7.11. The second-order valence-corrected chi connectivity index (χ2v) is 2.04. The van der Waals surface area contributed by atoms with Crippen LogP contribution in [0.4, 0.5) is 0 Å². The molecule has 0 radical (unpaired) electrons. The highest BCUT2D eigenvalue weighted by Gasteiger charge is 1.99. The summed E-state index contributed by atoms with van der Waals surface area (Å²) in [6, 6.07) is 0. The monoisotopic (exact) mass is 192 g/mol. The zero-order valence-corrected chi connectivity index (χ0v) is 6.80. The number of aldehydes is 1. The second-order valence-electron chi connectivity index (χ2n) is 1.51. The molecule has 0 aromatic rings. The molecule has 0 amide bonds. The van der Waals surface area contributed by atoms with E-state index in [1.54, 1.807) is 4.99 Å². The Balaban J connectivity index is 3.42. The van der Waals surface area contributed by atoms with Gasteiger partial charge in [-0.2, -0.15) is 0 Å². The Labute approximate surface area is 63.0 Å². The van der Waals surface area contributed by atoms with Gasteiger partial charge in [-0.05, 0) is 11.4 Å². The van der Waals surface area contributed by atoms with Crippen molar-refractivity contribution < 1.29 is 9.53 Å². The van der Waals surface area contributed by atoms with Crippen molar-refractivity contribution in [3.63, 3.8) is 0 Å². The average molecular weight is 193 g/mol. The quantitative estimate of drug-likeness (QED) is 0.632. The Kier molecular flexibility index (Phi) is 5.88. The minimum atomic E-state index is -0.293. The minimum Gasteiger partial charge on any atom is -0.374 e. The number of carbonyl (C=O) groups is 1. The molecule has 0 saturated heterocycles. The summed E-state index contributed by atoms with van der Waals surface area (Å²) in [6.45, 7) is 0. The summed E-state index contributed by atoms with van der Waals surface area (Å²) in [6.07, 6.45) is 2.94. The van der Waals surface area contributed by atoms with Gasteiger partial charge in [-0.1, -0.05) is 22.0 Å². The van der Waals surface area contributed by atoms with Crippen molar-refractivity contribution in [2.45, 2.75) is 12.5 Å². The van der Waals surface area contributed by atoms with Gasteiger partial charge in [-0.3, -0.25) is 0 Å². The molecule has 0 heterocycles. The van der Waals surface area contributed by atoms with E-state index < -0.39 is 0 Å². The fourth-order valence-corrected chi connectivity index (χ4v) is 0.609. The lowest BCUT2D eigenvalue weighted by Gasteiger charge is -2.01. The molecule has 1 atom stereocenters. The van der Waals surface area contributed by atoms with Crippen LogP contribution in [0.1, 0.15) is 6.42 Å². The third kappa shape index (κ3) is 4.36. The van der Waals surface area contributed by atoms with Crippen LogP contribution in [-0.2, 0) is 9.53 Å². The standard InChI is InChI=1S/C6H9BrO2/c1-9-6(5-8)3-2-4-7/h2,4-6H,3H2,1H3/b4-2+. The first-order chi connectivity index (χ1) is 4.35. The van der Waals surface area contributed by atoms with Crippen LogP contribution in [0.5, 0.6) is 0 Å². The Hall–Kier alpha value is -0.150. The van der Waals surface area contributed by atoms with E-state index in [0.717, 1.165) is 6.29 Å². The lowest BCUT2D eigenvalue weighted by molar-refractivity contribution is -0.116. The molecule has 1 unspecified atom stereocenters. The second kappa shape index (κ2) is 5.98. The Morgan fingerprint density at radius 3 is 2.78 bits per heavy atom. The molecule has 9 heavy (non-hydrogen) atoms. The van der Waals surface area contributed by atoms with Gasteiger partial charge < -0.3 is 9.53 Å². The van der Waals surface area contributed by atoms with Crippen LogP contribution in [0.3, 0.4) is 0 Å². The molecular weight excluding hydrogens is 184 g/mol. The topological polar surface area (TPSA) is 26.3 Å². The summed E-state index contributed by atoms with van der Waals surface area (Å²) in [4.78, 5) is 11.8. The average Bonchev–Trinajstić information content (AvgIpc) is 1.91. The van der Waals surface area contributed by atoms with E-state index in [9.17, 15) is 4.79 Å². The van der Waals surface area contributed by atoms with Crippen LogP contribution >= 0.6 is 15.9 Å². The molecule has 0 aliphatic rings. The molecule has 0 N–H and O–H groups in total. The van der Waals surface area contributed by atoms with E-state index in [0.29, 0.717) is 6.42 Å².